The van der Waals surface area contributed by atoms with Crippen LogP contribution in [0, 0.1) is 0 Å². The van der Waals surface area contributed by atoms with Gasteiger partial charge in [-0.1, -0.05) is 65.8 Å². The van der Waals surface area contributed by atoms with E-state index in [9.17, 15) is 0 Å². The first-order chi connectivity index (χ1) is 14.7. The standard InChI is InChI=1S/C24H22ClN3OS/c1-2-28-23(20-10-12-21(25)13-11-20)26-27-24(28)30-17-19-8-14-22(15-9-19)29-16-18-6-4-3-5-7-18/h3-15H,2,16-17H2,1H3. The number of thioether (sulfide) groups is 1. The van der Waals surface area contributed by atoms with Crippen LogP contribution in [-0.4, -0.2) is 14.8 Å². The highest BCUT2D eigenvalue weighted by molar-refractivity contribution is 7.98. The van der Waals surface area contributed by atoms with Crippen molar-refractivity contribution >= 4 is 23.4 Å². The first kappa shape index (κ1) is 20.5. The second kappa shape index (κ2) is 9.83. The number of hydrogen-bond donors (Lipinski definition) is 0. The molecule has 6 heteroatoms. The molecule has 0 saturated heterocycles. The van der Waals surface area contributed by atoms with Crippen molar-refractivity contribution in [1.82, 2.24) is 14.8 Å². The minimum absolute atomic E-state index is 0.571. The first-order valence-corrected chi connectivity index (χ1v) is 11.2. The maximum absolute atomic E-state index is 6.00. The summed E-state index contributed by atoms with van der Waals surface area (Å²) >= 11 is 7.68. The van der Waals surface area contributed by atoms with E-state index in [1.54, 1.807) is 11.8 Å². The minimum atomic E-state index is 0.571. The number of halogens is 1. The normalized spacial score (nSPS) is 10.9. The van der Waals surface area contributed by atoms with Crippen LogP contribution in [-0.2, 0) is 18.9 Å². The van der Waals surface area contributed by atoms with Crippen LogP contribution in [0.25, 0.3) is 11.4 Å². The lowest BCUT2D eigenvalue weighted by Gasteiger charge is -2.09. The summed E-state index contributed by atoms with van der Waals surface area (Å²) in [5.41, 5.74) is 3.39. The van der Waals surface area contributed by atoms with Gasteiger partial charge in [-0.25, -0.2) is 0 Å². The molecule has 4 aromatic rings. The maximum atomic E-state index is 6.00. The van der Waals surface area contributed by atoms with E-state index in [2.05, 4.69) is 46.0 Å². The van der Waals surface area contributed by atoms with Crippen molar-refractivity contribution in [2.45, 2.75) is 31.0 Å². The van der Waals surface area contributed by atoms with Gasteiger partial charge in [-0.2, -0.15) is 0 Å². The Hall–Kier alpha value is -2.76. The molecule has 0 saturated carbocycles. The second-order valence-electron chi connectivity index (χ2n) is 6.76. The van der Waals surface area contributed by atoms with Gasteiger partial charge < -0.3 is 9.30 Å². The van der Waals surface area contributed by atoms with Crippen molar-refractivity contribution < 1.29 is 4.74 Å². The molecular formula is C24H22ClN3OS. The molecule has 30 heavy (non-hydrogen) atoms. The Labute approximate surface area is 185 Å². The molecule has 1 heterocycles. The summed E-state index contributed by atoms with van der Waals surface area (Å²) in [5, 5.41) is 10.4. The van der Waals surface area contributed by atoms with Crippen molar-refractivity contribution in [3.63, 3.8) is 0 Å². The van der Waals surface area contributed by atoms with E-state index < -0.39 is 0 Å². The Bertz CT molecular complexity index is 1080. The summed E-state index contributed by atoms with van der Waals surface area (Å²) in [6.45, 7) is 3.48. The fourth-order valence-electron chi connectivity index (χ4n) is 3.06. The quantitative estimate of drug-likeness (QED) is 0.296. The summed E-state index contributed by atoms with van der Waals surface area (Å²) < 4.78 is 7.99. The summed E-state index contributed by atoms with van der Waals surface area (Å²) in [6, 6.07) is 26.1. The topological polar surface area (TPSA) is 39.9 Å². The van der Waals surface area contributed by atoms with Gasteiger partial charge in [-0.15, -0.1) is 10.2 Å². The zero-order chi connectivity index (χ0) is 20.8. The third-order valence-electron chi connectivity index (χ3n) is 4.68. The van der Waals surface area contributed by atoms with E-state index in [0.717, 1.165) is 40.2 Å². The Morgan fingerprint density at radius 2 is 1.60 bits per heavy atom. The lowest BCUT2D eigenvalue weighted by atomic mass is 10.2. The van der Waals surface area contributed by atoms with Gasteiger partial charge in [0.15, 0.2) is 11.0 Å². The first-order valence-electron chi connectivity index (χ1n) is 9.80. The predicted octanol–water partition coefficient (Wildman–Crippen LogP) is 6.49. The molecule has 4 nitrogen and oxygen atoms in total. The van der Waals surface area contributed by atoms with E-state index in [4.69, 9.17) is 16.3 Å². The summed E-state index contributed by atoms with van der Waals surface area (Å²) in [4.78, 5) is 0. The molecule has 3 aromatic carbocycles. The number of benzene rings is 3. The summed E-state index contributed by atoms with van der Waals surface area (Å²) in [5.74, 6) is 2.55. The summed E-state index contributed by atoms with van der Waals surface area (Å²) in [6.07, 6.45) is 0. The van der Waals surface area contributed by atoms with Crippen LogP contribution in [0.15, 0.2) is 84.0 Å². The van der Waals surface area contributed by atoms with Crippen LogP contribution in [0.5, 0.6) is 5.75 Å². The van der Waals surface area contributed by atoms with Crippen LogP contribution < -0.4 is 4.74 Å². The number of rotatable bonds is 8. The molecule has 0 bridgehead atoms. The fraction of sp³-hybridized carbons (Fsp3) is 0.167. The zero-order valence-corrected chi connectivity index (χ0v) is 18.2. The van der Waals surface area contributed by atoms with Gasteiger partial charge in [0.2, 0.25) is 0 Å². The van der Waals surface area contributed by atoms with E-state index in [-0.39, 0.29) is 0 Å². The lowest BCUT2D eigenvalue weighted by Crippen LogP contribution is -2.00. The van der Waals surface area contributed by atoms with Crippen molar-refractivity contribution in [1.29, 1.82) is 0 Å². The molecule has 152 valence electrons. The van der Waals surface area contributed by atoms with Crippen LogP contribution in [0.1, 0.15) is 18.1 Å². The molecule has 0 aliphatic carbocycles. The Kier molecular flexibility index (Phi) is 6.72. The Morgan fingerprint density at radius 3 is 2.30 bits per heavy atom. The minimum Gasteiger partial charge on any atom is -0.489 e. The number of nitrogens with zero attached hydrogens (tertiary/aromatic N) is 3. The van der Waals surface area contributed by atoms with Crippen LogP contribution in [0.4, 0.5) is 0 Å². The van der Waals surface area contributed by atoms with Gasteiger partial charge in [-0.05, 0) is 54.4 Å². The van der Waals surface area contributed by atoms with Crippen LogP contribution >= 0.6 is 23.4 Å². The molecule has 0 unspecified atom stereocenters. The van der Waals surface area contributed by atoms with Crippen molar-refractivity contribution in [2.24, 2.45) is 0 Å². The van der Waals surface area contributed by atoms with E-state index in [0.29, 0.717) is 11.6 Å². The lowest BCUT2D eigenvalue weighted by molar-refractivity contribution is 0.306. The van der Waals surface area contributed by atoms with Gasteiger partial charge in [0.1, 0.15) is 12.4 Å². The number of hydrogen-bond acceptors (Lipinski definition) is 4. The largest absolute Gasteiger partial charge is 0.489 e. The smallest absolute Gasteiger partial charge is 0.191 e. The molecule has 0 spiro atoms. The molecule has 0 radical (unpaired) electrons. The molecule has 0 amide bonds. The number of aromatic nitrogens is 3. The highest BCUT2D eigenvalue weighted by atomic mass is 35.5. The van der Waals surface area contributed by atoms with Crippen molar-refractivity contribution in [3.8, 4) is 17.1 Å². The van der Waals surface area contributed by atoms with E-state index in [1.165, 1.54) is 5.56 Å². The maximum Gasteiger partial charge on any atom is 0.191 e. The van der Waals surface area contributed by atoms with Gasteiger partial charge in [0, 0.05) is 22.9 Å². The SMILES string of the molecule is CCn1c(SCc2ccc(OCc3ccccc3)cc2)nnc1-c1ccc(Cl)cc1. The fourth-order valence-corrected chi connectivity index (χ4v) is 4.15. The van der Waals surface area contributed by atoms with Crippen molar-refractivity contribution in [2.75, 3.05) is 0 Å². The van der Waals surface area contributed by atoms with E-state index in [1.807, 2.05) is 54.6 Å². The van der Waals surface area contributed by atoms with Crippen LogP contribution in [0.2, 0.25) is 5.02 Å². The Morgan fingerprint density at radius 1 is 0.867 bits per heavy atom. The predicted molar refractivity (Wildman–Crippen MR) is 123 cm³/mol. The monoisotopic (exact) mass is 435 g/mol. The Balaban J connectivity index is 1.38. The molecule has 0 N–H and O–H groups in total. The molecule has 0 aliphatic heterocycles. The van der Waals surface area contributed by atoms with Gasteiger partial charge >= 0.3 is 0 Å². The third-order valence-corrected chi connectivity index (χ3v) is 5.96. The third kappa shape index (κ3) is 5.04. The average molecular weight is 436 g/mol. The van der Waals surface area contributed by atoms with Gasteiger partial charge in [0.05, 0.1) is 0 Å². The second-order valence-corrected chi connectivity index (χ2v) is 8.14. The highest BCUT2D eigenvalue weighted by Gasteiger charge is 2.13. The van der Waals surface area contributed by atoms with Crippen LogP contribution in [0.3, 0.4) is 0 Å². The molecule has 0 fully saturated rings. The molecule has 0 atom stereocenters. The summed E-state index contributed by atoms with van der Waals surface area (Å²) in [7, 11) is 0. The highest BCUT2D eigenvalue weighted by Crippen LogP contribution is 2.27. The molecular weight excluding hydrogens is 414 g/mol. The zero-order valence-electron chi connectivity index (χ0n) is 16.7. The van der Waals surface area contributed by atoms with Crippen molar-refractivity contribution in [3.05, 3.63) is 95.0 Å². The molecule has 1 aromatic heterocycles. The van der Waals surface area contributed by atoms with Gasteiger partial charge in [-0.3, -0.25) is 0 Å². The molecule has 0 aliphatic rings. The molecule has 4 rings (SSSR count). The van der Waals surface area contributed by atoms with Gasteiger partial charge in [0.25, 0.3) is 0 Å². The number of ether oxygens (including phenoxy) is 1. The van der Waals surface area contributed by atoms with E-state index >= 15 is 0 Å². The average Bonchev–Trinajstić information content (AvgIpc) is 3.21.